The van der Waals surface area contributed by atoms with Gasteiger partial charge in [0.1, 0.15) is 0 Å². The number of hydrogen-bond donors (Lipinski definition) is 3. The average molecular weight is 177 g/mol. The van der Waals surface area contributed by atoms with Crippen LogP contribution in [0.1, 0.15) is 18.5 Å². The molecule has 0 amide bonds. The largest absolute Gasteiger partial charge is 0.324 e. The molecule has 68 valence electrons. The van der Waals surface area contributed by atoms with E-state index in [2.05, 4.69) is 9.97 Å². The van der Waals surface area contributed by atoms with Gasteiger partial charge in [-0.2, -0.15) is 0 Å². The maximum atomic E-state index is 10.9. The van der Waals surface area contributed by atoms with E-state index in [0.717, 1.165) is 16.6 Å². The Hall–Kier alpha value is -1.55. The number of aromatic nitrogens is 2. The average Bonchev–Trinajstić information content (AvgIpc) is 2.42. The van der Waals surface area contributed by atoms with Crippen molar-refractivity contribution in [2.75, 3.05) is 0 Å². The number of rotatable bonds is 1. The Balaban J connectivity index is 2.68. The zero-order valence-corrected chi connectivity index (χ0v) is 7.29. The van der Waals surface area contributed by atoms with Gasteiger partial charge in [-0.1, -0.05) is 6.07 Å². The molecule has 0 unspecified atom stereocenters. The number of hydrogen-bond acceptors (Lipinski definition) is 2. The molecule has 0 saturated carbocycles. The summed E-state index contributed by atoms with van der Waals surface area (Å²) in [6, 6.07) is 5.64. The molecule has 0 radical (unpaired) electrons. The van der Waals surface area contributed by atoms with Crippen molar-refractivity contribution in [2.24, 2.45) is 5.73 Å². The van der Waals surface area contributed by atoms with Crippen LogP contribution in [0.4, 0.5) is 0 Å². The lowest BCUT2D eigenvalue weighted by molar-refractivity contribution is 0.819. The third-order valence-corrected chi connectivity index (χ3v) is 2.07. The number of nitrogens with one attached hydrogen (secondary N) is 2. The number of H-pyrrole nitrogens is 2. The van der Waals surface area contributed by atoms with Crippen molar-refractivity contribution < 1.29 is 0 Å². The van der Waals surface area contributed by atoms with Crippen LogP contribution in [-0.2, 0) is 0 Å². The van der Waals surface area contributed by atoms with Crippen LogP contribution in [0.5, 0.6) is 0 Å². The topological polar surface area (TPSA) is 74.7 Å². The van der Waals surface area contributed by atoms with Crippen LogP contribution < -0.4 is 11.4 Å². The molecule has 4 nitrogen and oxygen atoms in total. The summed E-state index contributed by atoms with van der Waals surface area (Å²) in [4.78, 5) is 16.3. The molecule has 4 heteroatoms. The minimum atomic E-state index is -0.183. The summed E-state index contributed by atoms with van der Waals surface area (Å²) in [5.74, 6) is 0. The second kappa shape index (κ2) is 2.74. The lowest BCUT2D eigenvalue weighted by Crippen LogP contribution is -2.04. The molecule has 4 N–H and O–H groups in total. The fourth-order valence-electron chi connectivity index (χ4n) is 1.33. The summed E-state index contributed by atoms with van der Waals surface area (Å²) in [5.41, 5.74) is 8.16. The van der Waals surface area contributed by atoms with Crippen molar-refractivity contribution in [2.45, 2.75) is 13.0 Å². The highest BCUT2D eigenvalue weighted by Gasteiger charge is 2.02. The van der Waals surface area contributed by atoms with Gasteiger partial charge in [0.25, 0.3) is 0 Å². The number of nitrogens with two attached hydrogens (primary N) is 1. The van der Waals surface area contributed by atoms with Crippen molar-refractivity contribution in [1.82, 2.24) is 9.97 Å². The van der Waals surface area contributed by atoms with Gasteiger partial charge in [-0.15, -0.1) is 0 Å². The van der Waals surface area contributed by atoms with Gasteiger partial charge in [0.15, 0.2) is 0 Å². The maximum Gasteiger partial charge on any atom is 0.323 e. The Morgan fingerprint density at radius 3 is 2.69 bits per heavy atom. The summed E-state index contributed by atoms with van der Waals surface area (Å²) in [5, 5.41) is 0. The third-order valence-electron chi connectivity index (χ3n) is 2.07. The lowest BCUT2D eigenvalue weighted by atomic mass is 10.1. The summed E-state index contributed by atoms with van der Waals surface area (Å²) in [6.07, 6.45) is 0. The molecule has 1 aromatic heterocycles. The zero-order chi connectivity index (χ0) is 9.42. The molecule has 2 aromatic rings. The van der Waals surface area contributed by atoms with E-state index in [1.807, 2.05) is 25.1 Å². The Bertz CT molecular complexity index is 481. The molecule has 1 atom stereocenters. The highest BCUT2D eigenvalue weighted by molar-refractivity contribution is 5.75. The van der Waals surface area contributed by atoms with Crippen molar-refractivity contribution >= 4 is 11.0 Å². The maximum absolute atomic E-state index is 10.9. The van der Waals surface area contributed by atoms with E-state index in [9.17, 15) is 4.79 Å². The third kappa shape index (κ3) is 1.36. The first kappa shape index (κ1) is 8.07. The Morgan fingerprint density at radius 2 is 2.00 bits per heavy atom. The van der Waals surface area contributed by atoms with E-state index < -0.39 is 0 Å². The van der Waals surface area contributed by atoms with Crippen molar-refractivity contribution in [3.05, 3.63) is 34.2 Å². The van der Waals surface area contributed by atoms with E-state index in [1.54, 1.807) is 0 Å². The first-order valence-corrected chi connectivity index (χ1v) is 4.14. The second-order valence-corrected chi connectivity index (χ2v) is 3.17. The summed E-state index contributed by atoms with van der Waals surface area (Å²) in [6.45, 7) is 1.91. The van der Waals surface area contributed by atoms with Crippen LogP contribution in [0.3, 0.4) is 0 Å². The van der Waals surface area contributed by atoms with Crippen LogP contribution in [0.15, 0.2) is 23.0 Å². The number of imidazole rings is 1. The minimum absolute atomic E-state index is 0.0113. The van der Waals surface area contributed by atoms with Crippen LogP contribution >= 0.6 is 0 Å². The van der Waals surface area contributed by atoms with Gasteiger partial charge >= 0.3 is 5.69 Å². The fourth-order valence-corrected chi connectivity index (χ4v) is 1.33. The molecule has 1 aromatic carbocycles. The normalized spacial score (nSPS) is 13.4. The first-order chi connectivity index (χ1) is 6.16. The van der Waals surface area contributed by atoms with Crippen LogP contribution in [0.2, 0.25) is 0 Å². The van der Waals surface area contributed by atoms with Crippen molar-refractivity contribution in [3.63, 3.8) is 0 Å². The molecule has 0 spiro atoms. The summed E-state index contributed by atoms with van der Waals surface area (Å²) >= 11 is 0. The highest BCUT2D eigenvalue weighted by atomic mass is 16.1. The van der Waals surface area contributed by atoms with Crippen molar-refractivity contribution in [1.29, 1.82) is 0 Å². The van der Waals surface area contributed by atoms with E-state index in [-0.39, 0.29) is 11.7 Å². The molecular weight excluding hydrogens is 166 g/mol. The number of aromatic amines is 2. The van der Waals surface area contributed by atoms with E-state index in [4.69, 9.17) is 5.73 Å². The Morgan fingerprint density at radius 1 is 1.31 bits per heavy atom. The number of benzene rings is 1. The van der Waals surface area contributed by atoms with Gasteiger partial charge < -0.3 is 15.7 Å². The Kier molecular flexibility index (Phi) is 1.70. The molecule has 0 bridgehead atoms. The van der Waals surface area contributed by atoms with Gasteiger partial charge in [0, 0.05) is 6.04 Å². The lowest BCUT2D eigenvalue weighted by Gasteiger charge is -2.03. The molecule has 1 heterocycles. The van der Waals surface area contributed by atoms with Crippen LogP contribution in [0.25, 0.3) is 11.0 Å². The van der Waals surface area contributed by atoms with Gasteiger partial charge in [-0.3, -0.25) is 0 Å². The summed E-state index contributed by atoms with van der Waals surface area (Å²) < 4.78 is 0. The zero-order valence-electron chi connectivity index (χ0n) is 7.29. The second-order valence-electron chi connectivity index (χ2n) is 3.17. The molecular formula is C9H11N3O. The quantitative estimate of drug-likeness (QED) is 0.604. The molecule has 0 aliphatic rings. The molecule has 0 saturated heterocycles. The van der Waals surface area contributed by atoms with E-state index in [0.29, 0.717) is 0 Å². The summed E-state index contributed by atoms with van der Waals surface area (Å²) in [7, 11) is 0. The minimum Gasteiger partial charge on any atom is -0.324 e. The molecule has 2 rings (SSSR count). The fraction of sp³-hybridized carbons (Fsp3) is 0.222. The van der Waals surface area contributed by atoms with Crippen LogP contribution in [0, 0.1) is 0 Å². The predicted octanol–water partition coefficient (Wildman–Crippen LogP) is 0.876. The van der Waals surface area contributed by atoms with Gasteiger partial charge in [-0.05, 0) is 24.6 Å². The smallest absolute Gasteiger partial charge is 0.323 e. The molecule has 13 heavy (non-hydrogen) atoms. The van der Waals surface area contributed by atoms with Gasteiger partial charge in [-0.25, -0.2) is 4.79 Å². The first-order valence-electron chi connectivity index (χ1n) is 4.14. The van der Waals surface area contributed by atoms with Crippen LogP contribution in [-0.4, -0.2) is 9.97 Å². The SMILES string of the molecule is C[C@@H](N)c1ccc2[nH]c(=O)[nH]c2c1. The molecule has 0 aliphatic carbocycles. The van der Waals surface area contributed by atoms with Gasteiger partial charge in [0.05, 0.1) is 11.0 Å². The highest BCUT2D eigenvalue weighted by Crippen LogP contribution is 2.14. The Labute approximate surface area is 74.8 Å². The van der Waals surface area contributed by atoms with Crippen molar-refractivity contribution in [3.8, 4) is 0 Å². The van der Waals surface area contributed by atoms with E-state index in [1.165, 1.54) is 0 Å². The predicted molar refractivity (Wildman–Crippen MR) is 51.5 cm³/mol. The van der Waals surface area contributed by atoms with E-state index >= 15 is 0 Å². The standard InChI is InChI=1S/C9H11N3O/c1-5(10)6-2-3-7-8(4-6)12-9(13)11-7/h2-5H,10H2,1H3,(H2,11,12,13)/t5-/m1/s1. The molecule has 0 fully saturated rings. The monoisotopic (exact) mass is 177 g/mol. The molecule has 0 aliphatic heterocycles. The van der Waals surface area contributed by atoms with Gasteiger partial charge in [0.2, 0.25) is 0 Å². The number of fused-ring (bicyclic) bond motifs is 1.